The molecule has 0 amide bonds. The highest BCUT2D eigenvalue weighted by Gasteiger charge is 2.36. The lowest BCUT2D eigenvalue weighted by atomic mass is 9.70. The molecule has 3 aromatic rings. The monoisotopic (exact) mass is 628 g/mol. The molecule has 3 nitrogen and oxygen atoms in total. The lowest BCUT2D eigenvalue weighted by Gasteiger charge is -2.34. The number of hydrogen-bond acceptors (Lipinski definition) is 3. The lowest BCUT2D eigenvalue weighted by molar-refractivity contribution is 0.422. The van der Waals surface area contributed by atoms with Gasteiger partial charge in [-0.3, -0.25) is 0 Å². The Bertz CT molecular complexity index is 1400. The van der Waals surface area contributed by atoms with Gasteiger partial charge in [-0.15, -0.1) is 0 Å². The highest BCUT2D eigenvalue weighted by atomic mass is 16.3. The Morgan fingerprint density at radius 2 is 0.522 bits per heavy atom. The lowest BCUT2D eigenvalue weighted by Crippen LogP contribution is -2.22. The molecule has 0 saturated carbocycles. The van der Waals surface area contributed by atoms with Crippen LogP contribution in [-0.4, -0.2) is 15.3 Å². The molecule has 0 aliphatic carbocycles. The molecule has 46 heavy (non-hydrogen) atoms. The van der Waals surface area contributed by atoms with Crippen LogP contribution in [0.4, 0.5) is 0 Å². The second-order valence-corrected chi connectivity index (χ2v) is 19.8. The van der Waals surface area contributed by atoms with Crippen molar-refractivity contribution < 1.29 is 15.3 Å². The highest BCUT2D eigenvalue weighted by molar-refractivity contribution is 5.64. The number of hydrogen-bond donors (Lipinski definition) is 3. The van der Waals surface area contributed by atoms with E-state index in [0.29, 0.717) is 16.7 Å². The van der Waals surface area contributed by atoms with Crippen molar-refractivity contribution in [3.05, 3.63) is 86.5 Å². The van der Waals surface area contributed by atoms with Gasteiger partial charge in [0.2, 0.25) is 0 Å². The summed E-state index contributed by atoms with van der Waals surface area (Å²) in [6.45, 7) is 38.8. The minimum absolute atomic E-state index is 0.204. The first kappa shape index (κ1) is 37.5. The number of rotatable bonds is 3. The first-order valence-corrected chi connectivity index (χ1v) is 17.0. The Hall–Kier alpha value is -2.94. The van der Waals surface area contributed by atoms with E-state index in [9.17, 15) is 15.3 Å². The van der Waals surface area contributed by atoms with Gasteiger partial charge in [0.05, 0.1) is 0 Å². The van der Waals surface area contributed by atoms with Crippen molar-refractivity contribution in [2.75, 3.05) is 0 Å². The Morgan fingerprint density at radius 3 is 0.674 bits per heavy atom. The van der Waals surface area contributed by atoms with Gasteiger partial charge in [-0.05, 0) is 65.9 Å². The van der Waals surface area contributed by atoms with Gasteiger partial charge in [0.15, 0.2) is 0 Å². The number of aromatic hydroxyl groups is 3. The summed E-state index contributed by atoms with van der Waals surface area (Å²) >= 11 is 0. The summed E-state index contributed by atoms with van der Waals surface area (Å²) in [6, 6.07) is 12.7. The molecule has 0 spiro atoms. The van der Waals surface area contributed by atoms with Crippen LogP contribution in [0.2, 0.25) is 0 Å². The zero-order valence-corrected chi connectivity index (χ0v) is 32.4. The van der Waals surface area contributed by atoms with Crippen molar-refractivity contribution in [3.8, 4) is 17.2 Å². The standard InChI is InChI=1S/C43H64O3/c1-38(2,3)25-19-28(35(44)31(22-25)41(10,11)12)34(29-20-26(39(4,5)6)23-32(36(29)45)42(13,14)15)30-21-27(40(7,8)9)24-33(37(30)46)43(16,17)18/h19-24,34,44-46H,1-18H3. The fourth-order valence-corrected chi connectivity index (χ4v) is 6.15. The maximum Gasteiger partial charge on any atom is 0.123 e. The summed E-state index contributed by atoms with van der Waals surface area (Å²) < 4.78 is 0. The van der Waals surface area contributed by atoms with Crippen molar-refractivity contribution in [2.45, 2.75) is 163 Å². The molecule has 0 atom stereocenters. The average molecular weight is 629 g/mol. The van der Waals surface area contributed by atoms with E-state index in [1.165, 1.54) is 0 Å². The smallest absolute Gasteiger partial charge is 0.123 e. The van der Waals surface area contributed by atoms with Crippen molar-refractivity contribution in [1.82, 2.24) is 0 Å². The molecular weight excluding hydrogens is 564 g/mol. The Balaban J connectivity index is 2.78. The zero-order valence-electron chi connectivity index (χ0n) is 32.4. The average Bonchev–Trinajstić information content (AvgIpc) is 2.82. The van der Waals surface area contributed by atoms with E-state index in [2.05, 4.69) is 161 Å². The van der Waals surface area contributed by atoms with Gasteiger partial charge in [-0.2, -0.15) is 0 Å². The SMILES string of the molecule is CC(C)(C)c1cc(C(c2cc(C(C)(C)C)cc(C(C)(C)C)c2O)c2cc(C(C)(C)C)cc(C(C)(C)C)c2O)c(O)c(C(C)(C)C)c1. The fraction of sp³-hybridized carbons (Fsp3) is 0.581. The second-order valence-electron chi connectivity index (χ2n) is 19.8. The van der Waals surface area contributed by atoms with Gasteiger partial charge < -0.3 is 15.3 Å². The molecule has 3 aromatic carbocycles. The summed E-state index contributed by atoms with van der Waals surface area (Å²) in [5.41, 5.74) is 6.29. The Labute approximate surface area is 281 Å². The van der Waals surface area contributed by atoms with E-state index in [4.69, 9.17) is 0 Å². The topological polar surface area (TPSA) is 60.7 Å². The largest absolute Gasteiger partial charge is 0.507 e. The van der Waals surface area contributed by atoms with Gasteiger partial charge in [-0.25, -0.2) is 0 Å². The number of benzene rings is 3. The third-order valence-corrected chi connectivity index (χ3v) is 9.37. The first-order valence-electron chi connectivity index (χ1n) is 17.0. The predicted octanol–water partition coefficient (Wildman–Crippen LogP) is 11.8. The summed E-state index contributed by atoms with van der Waals surface area (Å²) in [5.74, 6) is -0.0149. The molecule has 0 bridgehead atoms. The van der Waals surface area contributed by atoms with E-state index in [1.807, 2.05) is 0 Å². The van der Waals surface area contributed by atoms with Gasteiger partial charge >= 0.3 is 0 Å². The van der Waals surface area contributed by atoms with Crippen LogP contribution in [0.15, 0.2) is 36.4 Å². The van der Waals surface area contributed by atoms with Crippen LogP contribution >= 0.6 is 0 Å². The summed E-state index contributed by atoms with van der Waals surface area (Å²) in [6.07, 6.45) is 0. The molecule has 0 saturated heterocycles. The molecule has 0 heterocycles. The van der Waals surface area contributed by atoms with Crippen molar-refractivity contribution in [2.24, 2.45) is 0 Å². The van der Waals surface area contributed by atoms with E-state index in [0.717, 1.165) is 33.4 Å². The molecular formula is C43H64O3. The van der Waals surface area contributed by atoms with E-state index >= 15 is 0 Å². The van der Waals surface area contributed by atoms with Crippen molar-refractivity contribution in [3.63, 3.8) is 0 Å². The van der Waals surface area contributed by atoms with Crippen molar-refractivity contribution >= 4 is 0 Å². The van der Waals surface area contributed by atoms with Crippen LogP contribution in [-0.2, 0) is 32.5 Å². The maximum absolute atomic E-state index is 12.3. The maximum atomic E-state index is 12.3. The molecule has 0 radical (unpaired) electrons. The van der Waals surface area contributed by atoms with Gasteiger partial charge in [0.25, 0.3) is 0 Å². The van der Waals surface area contributed by atoms with E-state index < -0.39 is 5.92 Å². The molecule has 0 aromatic heterocycles. The van der Waals surface area contributed by atoms with Crippen LogP contribution in [0, 0.1) is 0 Å². The molecule has 0 fully saturated rings. The van der Waals surface area contributed by atoms with Gasteiger partial charge in [-0.1, -0.05) is 161 Å². The Kier molecular flexibility index (Phi) is 9.49. The normalized spacial score (nSPS) is 13.9. The van der Waals surface area contributed by atoms with E-state index in [-0.39, 0.29) is 49.7 Å². The summed E-state index contributed by atoms with van der Waals surface area (Å²) in [7, 11) is 0. The first-order chi connectivity index (χ1) is 20.4. The number of phenolic OH excluding ortho intramolecular Hbond substituents is 3. The van der Waals surface area contributed by atoms with Crippen LogP contribution < -0.4 is 0 Å². The number of phenols is 3. The van der Waals surface area contributed by atoms with Crippen LogP contribution in [0.3, 0.4) is 0 Å². The predicted molar refractivity (Wildman–Crippen MR) is 197 cm³/mol. The summed E-state index contributed by atoms with van der Waals surface area (Å²) in [4.78, 5) is 0. The Morgan fingerprint density at radius 1 is 0.326 bits per heavy atom. The van der Waals surface area contributed by atoms with E-state index in [1.54, 1.807) is 0 Å². The highest BCUT2D eigenvalue weighted by Crippen LogP contribution is 2.52. The molecule has 0 unspecified atom stereocenters. The summed E-state index contributed by atoms with van der Waals surface area (Å²) in [5, 5.41) is 37.0. The van der Waals surface area contributed by atoms with Crippen LogP contribution in [0.25, 0.3) is 0 Å². The van der Waals surface area contributed by atoms with Crippen LogP contribution in [0.1, 0.15) is 181 Å². The van der Waals surface area contributed by atoms with Gasteiger partial charge in [0.1, 0.15) is 17.2 Å². The fourth-order valence-electron chi connectivity index (χ4n) is 6.15. The molecule has 3 N–H and O–H groups in total. The molecule has 254 valence electrons. The van der Waals surface area contributed by atoms with Crippen LogP contribution in [0.5, 0.6) is 17.2 Å². The third kappa shape index (κ3) is 7.61. The molecule has 0 aliphatic rings. The third-order valence-electron chi connectivity index (χ3n) is 9.37. The molecule has 3 rings (SSSR count). The minimum Gasteiger partial charge on any atom is -0.507 e. The zero-order chi connectivity index (χ0) is 35.7. The van der Waals surface area contributed by atoms with Crippen molar-refractivity contribution in [1.29, 1.82) is 0 Å². The molecule has 3 heteroatoms. The second kappa shape index (κ2) is 11.6. The van der Waals surface area contributed by atoms with Gasteiger partial charge in [0, 0.05) is 22.6 Å². The quantitative estimate of drug-likeness (QED) is 0.253. The minimum atomic E-state index is -0.643. The molecule has 0 aliphatic heterocycles.